The van der Waals surface area contributed by atoms with Crippen LogP contribution in [0.5, 0.6) is 0 Å². The van der Waals surface area contributed by atoms with Crippen LogP contribution in [-0.4, -0.2) is 50.0 Å². The number of hydrogen-bond acceptors (Lipinski definition) is 8. The zero-order valence-corrected chi connectivity index (χ0v) is 13.3. The third-order valence-corrected chi connectivity index (χ3v) is 4.08. The van der Waals surface area contributed by atoms with Crippen molar-refractivity contribution in [3.05, 3.63) is 10.4 Å². The number of carbonyl (C=O) groups is 1. The van der Waals surface area contributed by atoms with E-state index in [2.05, 4.69) is 25.1 Å². The lowest BCUT2D eigenvalue weighted by molar-refractivity contribution is -0.105. The number of nitrogens with zero attached hydrogens (tertiary/aromatic N) is 1. The van der Waals surface area contributed by atoms with E-state index >= 15 is 0 Å². The predicted octanol–water partition coefficient (Wildman–Crippen LogP) is -1.42. The number of hydrogen-bond donors (Lipinski definition) is 7. The van der Waals surface area contributed by atoms with Gasteiger partial charge in [-0.15, -0.1) is 0 Å². The van der Waals surface area contributed by atoms with Gasteiger partial charge in [-0.2, -0.15) is 4.98 Å². The number of phosphoric ester groups is 1. The van der Waals surface area contributed by atoms with Gasteiger partial charge < -0.3 is 31.3 Å². The van der Waals surface area contributed by atoms with Crippen LogP contribution in [0.1, 0.15) is 12.8 Å². The second-order valence-corrected chi connectivity index (χ2v) is 6.60. The van der Waals surface area contributed by atoms with Gasteiger partial charge in [0.2, 0.25) is 12.4 Å². The normalized spacial score (nSPS) is 23.9. The van der Waals surface area contributed by atoms with Crippen LogP contribution in [0.2, 0.25) is 0 Å². The summed E-state index contributed by atoms with van der Waals surface area (Å²) in [5.74, 6) is -0.618. The summed E-state index contributed by atoms with van der Waals surface area (Å²) >= 11 is 0. The lowest BCUT2D eigenvalue weighted by atomic mass is 10.1. The molecular formula is C11H18N5O7P. The zero-order valence-electron chi connectivity index (χ0n) is 12.4. The Bertz CT molecular complexity index is 704. The third-order valence-electron chi connectivity index (χ3n) is 3.60. The SMILES string of the molecule is Nc1nc(N[C@@H]2C[C@H](COP(=O)(O)O)[C@@H](O)C2)c(NC=O)c(=O)[nH]1. The third kappa shape index (κ3) is 4.76. The van der Waals surface area contributed by atoms with Gasteiger partial charge in [-0.1, -0.05) is 0 Å². The van der Waals surface area contributed by atoms with E-state index in [9.17, 15) is 19.3 Å². The van der Waals surface area contributed by atoms with E-state index in [0.717, 1.165) is 0 Å². The fraction of sp³-hybridized carbons (Fsp3) is 0.545. The predicted molar refractivity (Wildman–Crippen MR) is 83.1 cm³/mol. The van der Waals surface area contributed by atoms with Gasteiger partial charge in [0, 0.05) is 12.0 Å². The maximum Gasteiger partial charge on any atom is 0.469 e. The molecule has 1 aromatic heterocycles. The summed E-state index contributed by atoms with van der Waals surface area (Å²) in [6.07, 6.45) is 0.0180. The summed E-state index contributed by atoms with van der Waals surface area (Å²) in [6.45, 7) is -0.311. The van der Waals surface area contributed by atoms with Gasteiger partial charge in [0.05, 0.1) is 12.7 Å². The summed E-state index contributed by atoms with van der Waals surface area (Å²) in [5.41, 5.74) is 4.71. The van der Waals surface area contributed by atoms with Gasteiger partial charge in [0.25, 0.3) is 5.56 Å². The molecule has 134 valence electrons. The first-order valence-corrected chi connectivity index (χ1v) is 8.47. The molecule has 8 N–H and O–H groups in total. The number of nitrogens with one attached hydrogen (secondary N) is 3. The fourth-order valence-electron chi connectivity index (χ4n) is 2.57. The van der Waals surface area contributed by atoms with Crippen LogP contribution < -0.4 is 21.9 Å². The molecule has 1 heterocycles. The van der Waals surface area contributed by atoms with E-state index < -0.39 is 25.4 Å². The highest BCUT2D eigenvalue weighted by Gasteiger charge is 2.35. The highest BCUT2D eigenvalue weighted by atomic mass is 31.2. The first-order chi connectivity index (χ1) is 11.2. The van der Waals surface area contributed by atoms with Crippen LogP contribution in [0.25, 0.3) is 0 Å². The minimum atomic E-state index is -4.62. The summed E-state index contributed by atoms with van der Waals surface area (Å²) < 4.78 is 15.1. The molecule has 24 heavy (non-hydrogen) atoms. The molecule has 3 atom stereocenters. The Hall–Kier alpha value is -1.98. The van der Waals surface area contributed by atoms with Gasteiger partial charge in [0.15, 0.2) is 5.82 Å². The molecule has 1 aromatic rings. The van der Waals surface area contributed by atoms with Crippen LogP contribution in [-0.2, 0) is 13.9 Å². The van der Waals surface area contributed by atoms with E-state index in [4.69, 9.17) is 15.5 Å². The van der Waals surface area contributed by atoms with Crippen LogP contribution >= 0.6 is 7.82 Å². The van der Waals surface area contributed by atoms with Crippen molar-refractivity contribution >= 4 is 31.7 Å². The molecule has 0 spiro atoms. The number of aromatic amines is 1. The number of rotatable bonds is 7. The Balaban J connectivity index is 2.08. The molecular weight excluding hydrogens is 345 g/mol. The first kappa shape index (κ1) is 18.4. The summed E-state index contributed by atoms with van der Waals surface area (Å²) in [4.78, 5) is 45.9. The lowest BCUT2D eigenvalue weighted by Crippen LogP contribution is -2.24. The van der Waals surface area contributed by atoms with E-state index in [1.54, 1.807) is 0 Å². The second kappa shape index (κ2) is 7.28. The van der Waals surface area contributed by atoms with Crippen LogP contribution in [0.3, 0.4) is 0 Å². The van der Waals surface area contributed by atoms with Crippen LogP contribution in [0, 0.1) is 5.92 Å². The van der Waals surface area contributed by atoms with Crippen molar-refractivity contribution in [3.8, 4) is 0 Å². The summed E-state index contributed by atoms with van der Waals surface area (Å²) in [5, 5.41) is 15.1. The Kier molecular flexibility index (Phi) is 5.57. The highest BCUT2D eigenvalue weighted by molar-refractivity contribution is 7.46. The molecule has 0 saturated heterocycles. The number of amides is 1. The highest BCUT2D eigenvalue weighted by Crippen LogP contribution is 2.39. The van der Waals surface area contributed by atoms with Gasteiger partial charge >= 0.3 is 7.82 Å². The monoisotopic (exact) mass is 363 g/mol. The first-order valence-electron chi connectivity index (χ1n) is 6.94. The number of aliphatic hydroxyl groups is 1. The average Bonchev–Trinajstić information content (AvgIpc) is 2.79. The summed E-state index contributed by atoms with van der Waals surface area (Å²) in [6, 6.07) is -0.355. The van der Waals surface area contributed by atoms with Crippen molar-refractivity contribution in [2.75, 3.05) is 23.0 Å². The molecule has 2 rings (SSSR count). The lowest BCUT2D eigenvalue weighted by Gasteiger charge is -2.16. The Morgan fingerprint density at radius 3 is 2.79 bits per heavy atom. The number of carbonyl (C=O) groups excluding carboxylic acids is 1. The smallest absolute Gasteiger partial charge is 0.393 e. The topological polar surface area (TPSA) is 200 Å². The van der Waals surface area contributed by atoms with Crippen LogP contribution in [0.15, 0.2) is 4.79 Å². The fourth-order valence-corrected chi connectivity index (χ4v) is 2.96. The minimum Gasteiger partial charge on any atom is -0.393 e. The quantitative estimate of drug-likeness (QED) is 0.223. The minimum absolute atomic E-state index is 0.0390. The van der Waals surface area contributed by atoms with E-state index in [1.165, 1.54) is 0 Å². The molecule has 0 unspecified atom stereocenters. The number of phosphoric acid groups is 1. The van der Waals surface area contributed by atoms with Crippen LogP contribution in [0.4, 0.5) is 17.5 Å². The molecule has 1 saturated carbocycles. The van der Waals surface area contributed by atoms with Gasteiger partial charge in [-0.25, -0.2) is 4.57 Å². The van der Waals surface area contributed by atoms with Crippen molar-refractivity contribution in [3.63, 3.8) is 0 Å². The molecule has 0 aromatic carbocycles. The van der Waals surface area contributed by atoms with E-state index in [0.29, 0.717) is 12.8 Å². The van der Waals surface area contributed by atoms with Gasteiger partial charge in [-0.3, -0.25) is 19.1 Å². The number of H-pyrrole nitrogens is 1. The van der Waals surface area contributed by atoms with E-state index in [-0.39, 0.29) is 36.5 Å². The molecule has 1 aliphatic carbocycles. The van der Waals surface area contributed by atoms with Gasteiger partial charge in [0.1, 0.15) is 5.69 Å². The molecule has 13 heteroatoms. The maximum absolute atomic E-state index is 11.8. The number of aliphatic hydroxyl groups excluding tert-OH is 1. The van der Waals surface area contributed by atoms with Crippen molar-refractivity contribution in [2.45, 2.75) is 25.0 Å². The number of nitrogens with two attached hydrogens (primary N) is 1. The molecule has 1 aliphatic rings. The molecule has 0 bridgehead atoms. The summed E-state index contributed by atoms with van der Waals surface area (Å²) in [7, 11) is -4.62. The molecule has 0 aliphatic heterocycles. The Morgan fingerprint density at radius 2 is 2.17 bits per heavy atom. The molecule has 1 fully saturated rings. The van der Waals surface area contributed by atoms with Crippen molar-refractivity contribution in [1.29, 1.82) is 0 Å². The Morgan fingerprint density at radius 1 is 1.46 bits per heavy atom. The van der Waals surface area contributed by atoms with Crippen molar-refractivity contribution in [1.82, 2.24) is 9.97 Å². The number of nitrogen functional groups attached to an aromatic ring is 1. The molecule has 1 amide bonds. The molecule has 0 radical (unpaired) electrons. The van der Waals surface area contributed by atoms with Crippen molar-refractivity contribution in [2.24, 2.45) is 5.92 Å². The number of anilines is 3. The van der Waals surface area contributed by atoms with Crippen molar-refractivity contribution < 1.29 is 28.8 Å². The molecule has 12 nitrogen and oxygen atoms in total. The average molecular weight is 363 g/mol. The number of aromatic nitrogens is 2. The zero-order chi connectivity index (χ0) is 17.9. The maximum atomic E-state index is 11.8. The second-order valence-electron chi connectivity index (χ2n) is 5.36. The van der Waals surface area contributed by atoms with E-state index in [1.807, 2.05) is 0 Å². The standard InChI is InChI=1S/C11H18N5O7P/c12-11-15-9(8(13-4-17)10(19)16-11)14-6-1-5(7(18)2-6)3-23-24(20,21)22/h4-7,18H,1-3H2,(H,13,17)(H2,20,21,22)(H4,12,14,15,16,19)/t5-,6-,7+/m1/s1. The van der Waals surface area contributed by atoms with Gasteiger partial charge in [-0.05, 0) is 12.8 Å². The largest absolute Gasteiger partial charge is 0.469 e. The Labute approximate surface area is 135 Å².